The molecule has 0 aliphatic heterocycles. The second-order valence-corrected chi connectivity index (χ2v) is 5.00. The number of rotatable bonds is 3. The van der Waals surface area contributed by atoms with Gasteiger partial charge in [0.05, 0.1) is 11.3 Å². The Balaban J connectivity index is 1.99. The third-order valence-electron chi connectivity index (χ3n) is 3.57. The first-order valence-corrected chi connectivity index (χ1v) is 6.42. The van der Waals surface area contributed by atoms with Crippen molar-refractivity contribution in [3.63, 3.8) is 0 Å². The molecule has 1 saturated carbocycles. The maximum atomic E-state index is 12.1. The van der Waals surface area contributed by atoms with Gasteiger partial charge in [-0.15, -0.1) is 0 Å². The van der Waals surface area contributed by atoms with Gasteiger partial charge >= 0.3 is 0 Å². The Bertz CT molecular complexity index is 413. The van der Waals surface area contributed by atoms with Crippen LogP contribution in [0.4, 0.5) is 5.69 Å². The average Bonchev–Trinajstić information content (AvgIpc) is 2.41. The summed E-state index contributed by atoms with van der Waals surface area (Å²) < 4.78 is 0. The summed E-state index contributed by atoms with van der Waals surface area (Å²) in [6.07, 6.45) is 7.61. The number of nitrogen functional groups attached to an aromatic ring is 1. The molecule has 0 spiro atoms. The van der Waals surface area contributed by atoms with Crippen molar-refractivity contribution in [1.82, 2.24) is 10.3 Å². The fourth-order valence-electron chi connectivity index (χ4n) is 2.37. The zero-order valence-electron chi connectivity index (χ0n) is 10.6. The van der Waals surface area contributed by atoms with Crippen LogP contribution in [0.1, 0.15) is 43.0 Å². The summed E-state index contributed by atoms with van der Waals surface area (Å²) in [5.41, 5.74) is 3.62. The lowest BCUT2D eigenvalue weighted by Gasteiger charge is -2.27. The van der Waals surface area contributed by atoms with E-state index in [1.54, 1.807) is 12.3 Å². The van der Waals surface area contributed by atoms with E-state index < -0.39 is 0 Å². The number of pyridine rings is 1. The zero-order chi connectivity index (χ0) is 13.0. The predicted octanol–water partition coefficient (Wildman–Crippen LogP) is 1.68. The summed E-state index contributed by atoms with van der Waals surface area (Å²) in [6, 6.07) is 1.97. The van der Waals surface area contributed by atoms with E-state index in [1.807, 2.05) is 0 Å². The minimum Gasteiger partial charge on any atom is -0.349 e. The van der Waals surface area contributed by atoms with Crippen molar-refractivity contribution < 1.29 is 4.79 Å². The first kappa shape index (κ1) is 12.8. The molecule has 4 N–H and O–H groups in total. The third kappa shape index (κ3) is 2.98. The van der Waals surface area contributed by atoms with Crippen molar-refractivity contribution in [2.24, 2.45) is 11.8 Å². The van der Waals surface area contributed by atoms with Crippen LogP contribution in [0.5, 0.6) is 0 Å². The third-order valence-corrected chi connectivity index (χ3v) is 3.57. The van der Waals surface area contributed by atoms with Gasteiger partial charge in [0, 0.05) is 18.4 Å². The van der Waals surface area contributed by atoms with Crippen molar-refractivity contribution in [3.05, 3.63) is 24.0 Å². The van der Waals surface area contributed by atoms with E-state index in [0.29, 0.717) is 11.3 Å². The van der Waals surface area contributed by atoms with Crippen LogP contribution in [0.2, 0.25) is 0 Å². The molecule has 98 valence electrons. The molecular formula is C13H20N4O. The lowest BCUT2D eigenvalue weighted by Crippen LogP contribution is -2.37. The number of aromatic nitrogens is 1. The molecule has 1 aliphatic carbocycles. The van der Waals surface area contributed by atoms with Crippen molar-refractivity contribution in [2.45, 2.75) is 38.6 Å². The summed E-state index contributed by atoms with van der Waals surface area (Å²) in [7, 11) is 0. The molecule has 0 unspecified atom stereocenters. The van der Waals surface area contributed by atoms with Crippen LogP contribution in [0.15, 0.2) is 18.5 Å². The number of carbonyl (C=O) groups is 1. The van der Waals surface area contributed by atoms with Gasteiger partial charge in [0.1, 0.15) is 0 Å². The average molecular weight is 248 g/mol. The number of nitrogens with two attached hydrogens (primary N) is 1. The Labute approximate surface area is 107 Å². The van der Waals surface area contributed by atoms with Crippen LogP contribution < -0.4 is 16.6 Å². The molecule has 1 aromatic heterocycles. The highest BCUT2D eigenvalue weighted by molar-refractivity contribution is 5.99. The van der Waals surface area contributed by atoms with Gasteiger partial charge in [-0.2, -0.15) is 0 Å². The van der Waals surface area contributed by atoms with Crippen LogP contribution in [-0.2, 0) is 0 Å². The Kier molecular flexibility index (Phi) is 4.15. The van der Waals surface area contributed by atoms with E-state index in [-0.39, 0.29) is 11.9 Å². The topological polar surface area (TPSA) is 80.0 Å². The molecule has 5 nitrogen and oxygen atoms in total. The fraction of sp³-hybridized carbons (Fsp3) is 0.538. The Morgan fingerprint density at radius 3 is 2.78 bits per heavy atom. The molecule has 1 aliphatic rings. The monoisotopic (exact) mass is 248 g/mol. The number of hydrogen-bond donors (Lipinski definition) is 3. The van der Waals surface area contributed by atoms with E-state index in [9.17, 15) is 4.79 Å². The van der Waals surface area contributed by atoms with Gasteiger partial charge in [-0.1, -0.05) is 6.92 Å². The predicted molar refractivity (Wildman–Crippen MR) is 70.9 cm³/mol. The molecule has 0 bridgehead atoms. The van der Waals surface area contributed by atoms with E-state index >= 15 is 0 Å². The summed E-state index contributed by atoms with van der Waals surface area (Å²) in [5.74, 6) is 6.06. The smallest absolute Gasteiger partial charge is 0.255 e. The normalized spacial score (nSPS) is 23.4. The molecular weight excluding hydrogens is 228 g/mol. The quantitative estimate of drug-likeness (QED) is 0.561. The van der Waals surface area contributed by atoms with Crippen LogP contribution in [-0.4, -0.2) is 16.9 Å². The van der Waals surface area contributed by atoms with Gasteiger partial charge in [-0.25, -0.2) is 0 Å². The van der Waals surface area contributed by atoms with Gasteiger partial charge in [-0.05, 0) is 37.7 Å². The first-order valence-electron chi connectivity index (χ1n) is 6.42. The number of carbonyl (C=O) groups excluding carboxylic acids is 1. The minimum absolute atomic E-state index is 0.101. The van der Waals surface area contributed by atoms with Gasteiger partial charge in [0.2, 0.25) is 0 Å². The number of hydrazine groups is 1. The van der Waals surface area contributed by atoms with Gasteiger partial charge in [0.15, 0.2) is 0 Å². The van der Waals surface area contributed by atoms with E-state index in [2.05, 4.69) is 22.7 Å². The molecule has 1 amide bonds. The molecule has 0 saturated heterocycles. The van der Waals surface area contributed by atoms with Crippen LogP contribution in [0.25, 0.3) is 0 Å². The molecule has 0 aromatic carbocycles. The largest absolute Gasteiger partial charge is 0.349 e. The summed E-state index contributed by atoms with van der Waals surface area (Å²) >= 11 is 0. The maximum Gasteiger partial charge on any atom is 0.255 e. The van der Waals surface area contributed by atoms with Crippen LogP contribution in [0.3, 0.4) is 0 Å². The van der Waals surface area contributed by atoms with Gasteiger partial charge < -0.3 is 10.7 Å². The van der Waals surface area contributed by atoms with Crippen LogP contribution >= 0.6 is 0 Å². The lowest BCUT2D eigenvalue weighted by molar-refractivity contribution is 0.0923. The number of nitrogens with one attached hydrogen (secondary N) is 2. The Morgan fingerprint density at radius 1 is 1.39 bits per heavy atom. The number of nitrogens with zero attached hydrogens (tertiary/aromatic N) is 1. The number of amides is 1. The number of hydrogen-bond acceptors (Lipinski definition) is 4. The van der Waals surface area contributed by atoms with Gasteiger partial charge in [-0.3, -0.25) is 15.6 Å². The molecule has 0 radical (unpaired) electrons. The molecule has 1 heterocycles. The second-order valence-electron chi connectivity index (χ2n) is 5.00. The van der Waals surface area contributed by atoms with Crippen molar-refractivity contribution >= 4 is 11.6 Å². The van der Waals surface area contributed by atoms with Crippen molar-refractivity contribution in [2.75, 3.05) is 5.43 Å². The van der Waals surface area contributed by atoms with E-state index in [4.69, 9.17) is 5.84 Å². The highest BCUT2D eigenvalue weighted by Gasteiger charge is 2.21. The van der Waals surface area contributed by atoms with Crippen molar-refractivity contribution in [3.8, 4) is 0 Å². The standard InChI is InChI=1S/C13H20N4O/c1-9-2-4-10(5-3-9)16-13(18)11-8-15-7-6-12(11)17-14/h6-10H,2-5,14H2,1H3,(H,15,17)(H,16,18). The first-order chi connectivity index (χ1) is 8.70. The number of anilines is 1. The molecule has 18 heavy (non-hydrogen) atoms. The van der Waals surface area contributed by atoms with Crippen molar-refractivity contribution in [1.29, 1.82) is 0 Å². The summed E-state index contributed by atoms with van der Waals surface area (Å²) in [5, 5.41) is 3.06. The molecule has 0 atom stereocenters. The highest BCUT2D eigenvalue weighted by Crippen LogP contribution is 2.24. The van der Waals surface area contributed by atoms with E-state index in [1.165, 1.54) is 19.0 Å². The van der Waals surface area contributed by atoms with E-state index in [0.717, 1.165) is 18.8 Å². The fourth-order valence-corrected chi connectivity index (χ4v) is 2.37. The second kappa shape index (κ2) is 5.82. The lowest BCUT2D eigenvalue weighted by atomic mass is 9.87. The van der Waals surface area contributed by atoms with Crippen LogP contribution in [0, 0.1) is 5.92 Å². The SMILES string of the molecule is CC1CCC(NC(=O)c2cnccc2NN)CC1. The summed E-state index contributed by atoms with van der Waals surface area (Å²) in [4.78, 5) is 16.1. The Morgan fingerprint density at radius 2 is 2.11 bits per heavy atom. The Hall–Kier alpha value is -1.62. The molecule has 5 heteroatoms. The molecule has 2 rings (SSSR count). The highest BCUT2D eigenvalue weighted by atomic mass is 16.1. The van der Waals surface area contributed by atoms with Gasteiger partial charge in [0.25, 0.3) is 5.91 Å². The minimum atomic E-state index is -0.101. The maximum absolute atomic E-state index is 12.1. The molecule has 1 fully saturated rings. The zero-order valence-corrected chi connectivity index (χ0v) is 10.6. The molecule has 1 aromatic rings. The summed E-state index contributed by atoms with van der Waals surface area (Å²) in [6.45, 7) is 2.26.